The van der Waals surface area contributed by atoms with Crippen molar-refractivity contribution in [3.8, 4) is 11.5 Å². The summed E-state index contributed by atoms with van der Waals surface area (Å²) in [5.74, 6) is 0.396. The Morgan fingerprint density at radius 1 is 1.12 bits per heavy atom. The third-order valence-corrected chi connectivity index (χ3v) is 7.15. The number of benzene rings is 2. The molecule has 9 heteroatoms. The molecule has 34 heavy (non-hydrogen) atoms. The van der Waals surface area contributed by atoms with Crippen molar-refractivity contribution in [2.75, 3.05) is 26.7 Å². The van der Waals surface area contributed by atoms with E-state index in [4.69, 9.17) is 9.47 Å². The molecule has 0 bridgehead atoms. The zero-order chi connectivity index (χ0) is 24.1. The topological polar surface area (TPSA) is 76.2 Å². The summed E-state index contributed by atoms with van der Waals surface area (Å²) in [6, 6.07) is 13.3. The maximum atomic E-state index is 12.9. The summed E-state index contributed by atoms with van der Waals surface area (Å²) in [4.78, 5) is 40.9. The smallest absolute Gasteiger partial charge is 0.294 e. The number of rotatable bonds is 7. The van der Waals surface area contributed by atoms with Crippen molar-refractivity contribution >= 4 is 50.8 Å². The van der Waals surface area contributed by atoms with Crippen LogP contribution in [-0.2, 0) is 16.2 Å². The highest BCUT2D eigenvalue weighted by molar-refractivity contribution is 9.10. The number of carbonyl (C=O) groups excluding carboxylic acids is 3. The van der Waals surface area contributed by atoms with Gasteiger partial charge in [0, 0.05) is 13.1 Å². The van der Waals surface area contributed by atoms with Crippen LogP contribution < -0.4 is 9.47 Å². The van der Waals surface area contributed by atoms with Crippen LogP contribution in [0.2, 0.25) is 0 Å². The predicted molar refractivity (Wildman–Crippen MR) is 135 cm³/mol. The van der Waals surface area contributed by atoms with Gasteiger partial charge >= 0.3 is 0 Å². The summed E-state index contributed by atoms with van der Waals surface area (Å²) in [5, 5.41) is -0.435. The average molecular weight is 545 g/mol. The highest BCUT2D eigenvalue weighted by atomic mass is 79.9. The lowest BCUT2D eigenvalue weighted by Gasteiger charge is -2.27. The molecule has 2 heterocycles. The molecule has 0 saturated carbocycles. The van der Waals surface area contributed by atoms with Crippen LogP contribution in [0.3, 0.4) is 0 Å². The minimum Gasteiger partial charge on any atom is -0.493 e. The summed E-state index contributed by atoms with van der Waals surface area (Å²) >= 11 is 4.36. The largest absolute Gasteiger partial charge is 0.493 e. The number of hydrogen-bond acceptors (Lipinski definition) is 6. The fourth-order valence-corrected chi connectivity index (χ4v) is 5.27. The Labute approximate surface area is 211 Å². The number of ether oxygens (including phenoxy) is 2. The molecule has 0 unspecified atom stereocenters. The summed E-state index contributed by atoms with van der Waals surface area (Å²) in [6.45, 7) is 1.51. The number of carbonyl (C=O) groups is 3. The monoisotopic (exact) mass is 544 g/mol. The fraction of sp³-hybridized carbons (Fsp3) is 0.320. The molecule has 0 aliphatic carbocycles. The number of halogens is 1. The zero-order valence-electron chi connectivity index (χ0n) is 18.8. The number of hydrogen-bond donors (Lipinski definition) is 0. The first-order valence-corrected chi connectivity index (χ1v) is 12.6. The predicted octanol–water partition coefficient (Wildman–Crippen LogP) is 5.09. The van der Waals surface area contributed by atoms with Crippen LogP contribution in [0.4, 0.5) is 4.79 Å². The lowest BCUT2D eigenvalue weighted by molar-refractivity contribution is -0.136. The Hall–Kier alpha value is -2.78. The van der Waals surface area contributed by atoms with Gasteiger partial charge in [-0.2, -0.15) is 0 Å². The lowest BCUT2D eigenvalue weighted by Crippen LogP contribution is -2.44. The Bertz CT molecular complexity index is 1120. The number of amides is 3. The van der Waals surface area contributed by atoms with Crippen molar-refractivity contribution in [1.29, 1.82) is 0 Å². The second kappa shape index (κ2) is 11.1. The van der Waals surface area contributed by atoms with E-state index in [0.29, 0.717) is 41.2 Å². The number of piperidine rings is 1. The first-order valence-electron chi connectivity index (χ1n) is 11.0. The molecular weight excluding hydrogens is 520 g/mol. The summed E-state index contributed by atoms with van der Waals surface area (Å²) < 4.78 is 12.1. The first-order chi connectivity index (χ1) is 16.5. The standard InChI is InChI=1S/C25H25BrN2O5S/c1-32-20-13-18(12-19(26)23(20)33-16-17-8-4-2-5-9-17)14-21-24(30)28(25(31)34-21)15-22(29)27-10-6-3-7-11-27/h2,4-5,8-9,12-14H,3,6-7,10-11,15-16H2,1H3/b21-14+. The van der Waals surface area contributed by atoms with Gasteiger partial charge in [-0.3, -0.25) is 19.3 Å². The van der Waals surface area contributed by atoms with E-state index in [0.717, 1.165) is 41.5 Å². The van der Waals surface area contributed by atoms with Crippen LogP contribution in [0.1, 0.15) is 30.4 Å². The minimum absolute atomic E-state index is 0.187. The van der Waals surface area contributed by atoms with Crippen molar-refractivity contribution in [1.82, 2.24) is 9.80 Å². The van der Waals surface area contributed by atoms with Crippen molar-refractivity contribution in [2.45, 2.75) is 25.9 Å². The molecule has 178 valence electrons. The minimum atomic E-state index is -0.458. The van der Waals surface area contributed by atoms with Gasteiger partial charge in [-0.1, -0.05) is 30.3 Å². The van der Waals surface area contributed by atoms with Gasteiger partial charge in [0.25, 0.3) is 11.1 Å². The van der Waals surface area contributed by atoms with Gasteiger partial charge < -0.3 is 14.4 Å². The Morgan fingerprint density at radius 3 is 2.56 bits per heavy atom. The van der Waals surface area contributed by atoms with Gasteiger partial charge in [-0.25, -0.2) is 0 Å². The maximum absolute atomic E-state index is 12.9. The van der Waals surface area contributed by atoms with Crippen LogP contribution in [0.5, 0.6) is 11.5 Å². The molecule has 0 atom stereocenters. The van der Waals surface area contributed by atoms with Crippen LogP contribution in [0.25, 0.3) is 6.08 Å². The van der Waals surface area contributed by atoms with E-state index in [1.807, 2.05) is 30.3 Å². The molecule has 0 radical (unpaired) electrons. The molecule has 2 aliphatic rings. The van der Waals surface area contributed by atoms with Gasteiger partial charge in [0.05, 0.1) is 16.5 Å². The van der Waals surface area contributed by atoms with E-state index in [-0.39, 0.29) is 17.4 Å². The van der Waals surface area contributed by atoms with E-state index >= 15 is 0 Å². The van der Waals surface area contributed by atoms with Gasteiger partial charge in [-0.15, -0.1) is 0 Å². The summed E-state index contributed by atoms with van der Waals surface area (Å²) in [5.41, 5.74) is 1.69. The number of imide groups is 1. The fourth-order valence-electron chi connectivity index (χ4n) is 3.86. The van der Waals surface area contributed by atoms with E-state index in [1.165, 1.54) is 0 Å². The third-order valence-electron chi connectivity index (χ3n) is 5.65. The number of nitrogens with zero attached hydrogens (tertiary/aromatic N) is 2. The molecule has 2 aliphatic heterocycles. The second-order valence-corrected chi connectivity index (χ2v) is 9.87. The van der Waals surface area contributed by atoms with Crippen molar-refractivity contribution in [3.05, 3.63) is 63.0 Å². The van der Waals surface area contributed by atoms with Gasteiger partial charge in [0.2, 0.25) is 5.91 Å². The van der Waals surface area contributed by atoms with Crippen LogP contribution in [-0.4, -0.2) is 53.6 Å². The molecule has 0 spiro atoms. The van der Waals surface area contributed by atoms with E-state index in [1.54, 1.807) is 30.2 Å². The van der Waals surface area contributed by atoms with E-state index < -0.39 is 11.1 Å². The van der Waals surface area contributed by atoms with Gasteiger partial charge in [-0.05, 0) is 76.3 Å². The van der Waals surface area contributed by atoms with E-state index in [2.05, 4.69) is 15.9 Å². The Kier molecular flexibility index (Phi) is 7.95. The third kappa shape index (κ3) is 5.64. The van der Waals surface area contributed by atoms with Crippen molar-refractivity contribution in [3.63, 3.8) is 0 Å². The van der Waals surface area contributed by atoms with Gasteiger partial charge in [0.1, 0.15) is 13.2 Å². The summed E-state index contributed by atoms with van der Waals surface area (Å²) in [6.07, 6.45) is 4.64. The van der Waals surface area contributed by atoms with Crippen molar-refractivity contribution < 1.29 is 23.9 Å². The molecule has 2 saturated heterocycles. The highest BCUT2D eigenvalue weighted by Gasteiger charge is 2.37. The average Bonchev–Trinajstić information content (AvgIpc) is 3.11. The number of likely N-dealkylation sites (tertiary alicyclic amines) is 1. The maximum Gasteiger partial charge on any atom is 0.294 e. The van der Waals surface area contributed by atoms with Crippen LogP contribution >= 0.6 is 27.7 Å². The SMILES string of the molecule is COc1cc(/C=C2/SC(=O)N(CC(=O)N3CCCCC3)C2=O)cc(Br)c1OCc1ccccc1. The molecule has 3 amide bonds. The molecule has 2 fully saturated rings. The number of methoxy groups -OCH3 is 1. The lowest BCUT2D eigenvalue weighted by atomic mass is 10.1. The normalized spacial score (nSPS) is 17.4. The summed E-state index contributed by atoms with van der Waals surface area (Å²) in [7, 11) is 1.54. The molecule has 4 rings (SSSR count). The van der Waals surface area contributed by atoms with E-state index in [9.17, 15) is 14.4 Å². The molecular formula is C25H25BrN2O5S. The Morgan fingerprint density at radius 2 is 1.85 bits per heavy atom. The van der Waals surface area contributed by atoms with Crippen LogP contribution in [0, 0.1) is 0 Å². The second-order valence-electron chi connectivity index (χ2n) is 8.02. The molecule has 0 N–H and O–H groups in total. The Balaban J connectivity index is 1.48. The van der Waals surface area contributed by atoms with Crippen LogP contribution in [0.15, 0.2) is 51.8 Å². The molecule has 7 nitrogen and oxygen atoms in total. The quantitative estimate of drug-likeness (QED) is 0.452. The first kappa shape index (κ1) is 24.3. The molecule has 0 aromatic heterocycles. The van der Waals surface area contributed by atoms with Gasteiger partial charge in [0.15, 0.2) is 11.5 Å². The highest BCUT2D eigenvalue weighted by Crippen LogP contribution is 2.39. The molecule has 2 aromatic carbocycles. The van der Waals surface area contributed by atoms with Crippen molar-refractivity contribution in [2.24, 2.45) is 0 Å². The molecule has 2 aromatic rings. The number of thioether (sulfide) groups is 1. The zero-order valence-corrected chi connectivity index (χ0v) is 21.2.